The average Bonchev–Trinajstić information content (AvgIpc) is 3.73. The number of aliphatic hydroxyl groups is 1. The molecule has 0 unspecified atom stereocenters. The first-order valence-electron chi connectivity index (χ1n) is 19.8. The second-order valence-electron chi connectivity index (χ2n) is 16.9. The van der Waals surface area contributed by atoms with E-state index in [9.17, 15) is 9.90 Å². The van der Waals surface area contributed by atoms with Gasteiger partial charge in [-0.05, 0) is 78.8 Å². The Kier molecular flexibility index (Phi) is 14.6. The molecule has 3 aromatic heterocycles. The van der Waals surface area contributed by atoms with Crippen LogP contribution in [0, 0.1) is 29.7 Å². The van der Waals surface area contributed by atoms with Gasteiger partial charge < -0.3 is 5.11 Å². The first kappa shape index (κ1) is 44.6. The number of benzene rings is 3. The number of aromatic nitrogens is 1. The van der Waals surface area contributed by atoms with Crippen LogP contribution in [0.15, 0.2) is 78.7 Å². The predicted molar refractivity (Wildman–Crippen MR) is 237 cm³/mol. The van der Waals surface area contributed by atoms with Gasteiger partial charge in [0.2, 0.25) is 0 Å². The van der Waals surface area contributed by atoms with Crippen LogP contribution < -0.4 is 0 Å². The Labute approximate surface area is 352 Å². The Balaban J connectivity index is 0.000000320. The average molecular weight is 951 g/mol. The van der Waals surface area contributed by atoms with Crippen LogP contribution in [0.25, 0.3) is 52.6 Å². The Morgan fingerprint density at radius 1 is 0.836 bits per heavy atom. The molecular formula is C49H60IrNO2S2-. The molecule has 0 aliphatic heterocycles. The number of hydrogen-bond acceptors (Lipinski definition) is 5. The molecule has 0 aliphatic rings. The minimum absolute atomic E-state index is 0. The molecule has 55 heavy (non-hydrogen) atoms. The summed E-state index contributed by atoms with van der Waals surface area (Å²) in [5.41, 5.74) is 5.63. The molecule has 0 saturated heterocycles. The van der Waals surface area contributed by atoms with Crippen molar-refractivity contribution in [1.29, 1.82) is 0 Å². The summed E-state index contributed by atoms with van der Waals surface area (Å²) in [7, 11) is 0. The minimum atomic E-state index is -0.337. The van der Waals surface area contributed by atoms with Gasteiger partial charge in [-0.1, -0.05) is 124 Å². The van der Waals surface area contributed by atoms with Gasteiger partial charge in [-0.3, -0.25) is 9.78 Å². The normalized spacial score (nSPS) is 12.6. The van der Waals surface area contributed by atoms with Crippen molar-refractivity contribution < 1.29 is 30.0 Å². The maximum Gasteiger partial charge on any atom is 0.164 e. The van der Waals surface area contributed by atoms with E-state index in [4.69, 9.17) is 4.98 Å². The molecule has 1 radical (unpaired) electrons. The largest absolute Gasteiger partial charge is 0.512 e. The van der Waals surface area contributed by atoms with E-state index in [0.717, 1.165) is 48.7 Å². The number of carbonyl (C=O) groups excluding carboxylic acids is 1. The van der Waals surface area contributed by atoms with Crippen LogP contribution in [0.1, 0.15) is 118 Å². The van der Waals surface area contributed by atoms with Crippen molar-refractivity contribution in [1.82, 2.24) is 4.98 Å². The molecule has 3 heterocycles. The topological polar surface area (TPSA) is 50.2 Å². The van der Waals surface area contributed by atoms with Crippen LogP contribution >= 0.6 is 22.7 Å². The molecule has 3 aromatic carbocycles. The third kappa shape index (κ3) is 9.36. The zero-order valence-corrected chi connectivity index (χ0v) is 39.0. The van der Waals surface area contributed by atoms with E-state index >= 15 is 0 Å². The number of pyridine rings is 1. The molecule has 295 valence electrons. The Hall–Kier alpha value is -3.15. The van der Waals surface area contributed by atoms with Gasteiger partial charge in [0.25, 0.3) is 0 Å². The third-order valence-electron chi connectivity index (χ3n) is 11.8. The Morgan fingerprint density at radius 3 is 2.09 bits per heavy atom. The van der Waals surface area contributed by atoms with Gasteiger partial charge in [-0.25, -0.2) is 0 Å². The molecule has 6 aromatic rings. The molecule has 1 N–H and O–H groups in total. The van der Waals surface area contributed by atoms with Crippen LogP contribution in [-0.4, -0.2) is 15.9 Å². The fourth-order valence-electron chi connectivity index (χ4n) is 7.02. The molecular weight excluding hydrogens is 891 g/mol. The smallest absolute Gasteiger partial charge is 0.164 e. The van der Waals surface area contributed by atoms with Crippen LogP contribution in [-0.2, 0) is 36.7 Å². The quantitative estimate of drug-likeness (QED) is 0.0800. The van der Waals surface area contributed by atoms with Crippen LogP contribution in [0.5, 0.6) is 0 Å². The zero-order chi connectivity index (χ0) is 39.6. The molecule has 0 aliphatic carbocycles. The van der Waals surface area contributed by atoms with E-state index in [0.29, 0.717) is 5.92 Å². The van der Waals surface area contributed by atoms with Crippen molar-refractivity contribution in [2.24, 2.45) is 16.7 Å². The fourth-order valence-corrected chi connectivity index (χ4v) is 9.72. The van der Waals surface area contributed by atoms with Crippen molar-refractivity contribution in [3.63, 3.8) is 0 Å². The minimum Gasteiger partial charge on any atom is -0.512 e. The number of nitrogens with zero attached hydrogens (tertiary/aromatic N) is 1. The number of aryl methyl sites for hydroxylation is 1. The molecule has 0 saturated carbocycles. The zero-order valence-electron chi connectivity index (χ0n) is 35.0. The number of hydrogen-bond donors (Lipinski definition) is 1. The number of rotatable bonds is 11. The first-order chi connectivity index (χ1) is 25.5. The van der Waals surface area contributed by atoms with E-state index in [1.807, 2.05) is 70.4 Å². The van der Waals surface area contributed by atoms with Gasteiger partial charge >= 0.3 is 0 Å². The molecule has 0 bridgehead atoms. The summed E-state index contributed by atoms with van der Waals surface area (Å²) in [4.78, 5) is 19.9. The summed E-state index contributed by atoms with van der Waals surface area (Å²) in [6.07, 6.45) is 7.84. The van der Waals surface area contributed by atoms with Gasteiger partial charge in [-0.15, -0.1) is 51.8 Å². The third-order valence-corrected chi connectivity index (χ3v) is 14.3. The summed E-state index contributed by atoms with van der Waals surface area (Å²) in [5.74, 6) is 0.943. The molecule has 0 amide bonds. The monoisotopic (exact) mass is 951 g/mol. The molecule has 6 heteroatoms. The number of thiophene rings is 2. The van der Waals surface area contributed by atoms with E-state index in [1.54, 1.807) is 0 Å². The van der Waals surface area contributed by atoms with Crippen LogP contribution in [0.2, 0.25) is 0 Å². The summed E-state index contributed by atoms with van der Waals surface area (Å²) in [6, 6.07) is 25.9. The van der Waals surface area contributed by atoms with Gasteiger partial charge in [0.1, 0.15) is 5.76 Å². The second-order valence-corrected chi connectivity index (χ2v) is 19.1. The maximum absolute atomic E-state index is 12.2. The van der Waals surface area contributed by atoms with E-state index in [-0.39, 0.29) is 47.9 Å². The molecule has 0 spiro atoms. The summed E-state index contributed by atoms with van der Waals surface area (Å²) in [6.45, 7) is 25.8. The first-order valence-corrected chi connectivity index (χ1v) is 21.4. The molecule has 3 nitrogen and oxygen atoms in total. The summed E-state index contributed by atoms with van der Waals surface area (Å²) >= 11 is 3.84. The van der Waals surface area contributed by atoms with Gasteiger partial charge in [0.15, 0.2) is 5.78 Å². The van der Waals surface area contributed by atoms with Gasteiger partial charge in [-0.2, -0.15) is 0 Å². The molecule has 6 rings (SSSR count). The Bertz CT molecular complexity index is 2290. The number of carbonyl (C=O) groups is 1. The van der Waals surface area contributed by atoms with E-state index in [2.05, 4.69) is 108 Å². The molecule has 0 atom stereocenters. The van der Waals surface area contributed by atoms with Crippen LogP contribution in [0.4, 0.5) is 0 Å². The van der Waals surface area contributed by atoms with Crippen molar-refractivity contribution in [3.05, 3.63) is 101 Å². The van der Waals surface area contributed by atoms with Gasteiger partial charge in [0, 0.05) is 73.6 Å². The van der Waals surface area contributed by atoms with E-state index < -0.39 is 0 Å². The summed E-state index contributed by atoms with van der Waals surface area (Å²) < 4.78 is 2.68. The van der Waals surface area contributed by atoms with Crippen LogP contribution in [0.3, 0.4) is 0 Å². The fraction of sp³-hybridized carbons (Fsp3) is 0.429. The van der Waals surface area contributed by atoms with Gasteiger partial charge in [0.05, 0.1) is 0 Å². The van der Waals surface area contributed by atoms with Crippen molar-refractivity contribution in [2.45, 2.75) is 121 Å². The van der Waals surface area contributed by atoms with E-state index in [1.165, 1.54) is 58.1 Å². The number of fused-ring (bicyclic) bond motifs is 3. The Morgan fingerprint density at radius 2 is 1.47 bits per heavy atom. The number of allylic oxidation sites excluding steroid dienone is 2. The van der Waals surface area contributed by atoms with Crippen molar-refractivity contribution >= 4 is 59.4 Å². The maximum atomic E-state index is 12.2. The summed E-state index contributed by atoms with van der Waals surface area (Å²) in [5, 5.41) is 15.2. The standard InChI is InChI=1S/C34H32NS2.C15H28O2.Ir/c1-20(2)16-30-21(3)24-12-9-13-26(33(24)37-30)31-19-27-29(36-31)14-15-35-32(27)23-17-22-10-7-8-11-25(22)28(18-23)34(4,5)6;1-7-14(5,8-2)12(16)11-13(17)15(6,9-3)10-4;/h7-15,18-20H,16H2,1-6H3;11,16H,7-10H2,1-6H3;/q-1;;/b;12-11-;. The van der Waals surface area contributed by atoms with Crippen molar-refractivity contribution in [2.75, 3.05) is 0 Å². The molecule has 0 fully saturated rings. The second kappa shape index (κ2) is 18.0. The predicted octanol–water partition coefficient (Wildman–Crippen LogP) is 15.3. The number of ketones is 1. The number of aliphatic hydroxyl groups excluding tert-OH is 1. The van der Waals surface area contributed by atoms with Crippen molar-refractivity contribution in [3.8, 4) is 21.7 Å². The SMILES string of the molecule is CCC(C)(CC)C(=O)/C=C(\O)C(C)(CC)CC.Cc1c(CC(C)C)sc2c(-c3cc4c(-c5[c-]c6ccccc6c(C(C)(C)C)c5)nccc4s3)cccc12.[Ir].